The molecule has 25 heavy (non-hydrogen) atoms. The quantitative estimate of drug-likeness (QED) is 0.314. The molecule has 0 heterocycles. The van der Waals surface area contributed by atoms with E-state index in [1.165, 1.54) is 96.3 Å². The van der Waals surface area contributed by atoms with E-state index in [1.54, 1.807) is 0 Å². The molecule has 0 amide bonds. The Balaban J connectivity index is 0.00000576. The third-order valence-corrected chi connectivity index (χ3v) is 6.51. The smallest absolute Gasteiger partial charge is 0.0448 e. The molecule has 0 spiro atoms. The van der Waals surface area contributed by atoms with Crippen LogP contribution in [0, 0.1) is 5.92 Å². The standard InChI is InChI=1S/C22H45NO.BrH/c1-4-5-6-7-8-9-10-11-12-13-16-21-17-14-15-18-22(21,19-20-24)23(2)3;/h21,24H,4-20H2,1-3H3;1H. The maximum absolute atomic E-state index is 9.57. The van der Waals surface area contributed by atoms with Gasteiger partial charge in [0.2, 0.25) is 0 Å². The van der Waals surface area contributed by atoms with Crippen molar-refractivity contribution in [2.45, 2.75) is 115 Å². The van der Waals surface area contributed by atoms with Crippen molar-refractivity contribution in [3.8, 4) is 0 Å². The zero-order valence-electron chi connectivity index (χ0n) is 17.4. The summed E-state index contributed by atoms with van der Waals surface area (Å²) < 4.78 is 0. The first kappa shape index (κ1) is 25.4. The first-order valence-corrected chi connectivity index (χ1v) is 11.0. The van der Waals surface area contributed by atoms with E-state index in [1.807, 2.05) is 0 Å². The number of aliphatic hydroxyl groups excluding tert-OH is 1. The van der Waals surface area contributed by atoms with E-state index in [0.29, 0.717) is 6.61 Å². The Morgan fingerprint density at radius 2 is 1.44 bits per heavy atom. The molecule has 1 fully saturated rings. The van der Waals surface area contributed by atoms with Gasteiger partial charge >= 0.3 is 0 Å². The molecule has 2 unspecified atom stereocenters. The van der Waals surface area contributed by atoms with Crippen molar-refractivity contribution < 1.29 is 5.11 Å². The molecule has 0 aromatic rings. The Morgan fingerprint density at radius 3 is 1.96 bits per heavy atom. The first-order valence-electron chi connectivity index (χ1n) is 11.0. The van der Waals surface area contributed by atoms with Crippen LogP contribution >= 0.6 is 17.0 Å². The second-order valence-electron chi connectivity index (χ2n) is 8.38. The van der Waals surface area contributed by atoms with E-state index < -0.39 is 0 Å². The fourth-order valence-electron chi connectivity index (χ4n) is 4.92. The number of nitrogens with zero attached hydrogens (tertiary/aromatic N) is 1. The van der Waals surface area contributed by atoms with Crippen LogP contribution in [0.1, 0.15) is 110 Å². The Kier molecular flexibility index (Phi) is 15.7. The van der Waals surface area contributed by atoms with Gasteiger partial charge in [-0.2, -0.15) is 0 Å². The highest BCUT2D eigenvalue weighted by molar-refractivity contribution is 8.93. The molecule has 1 N–H and O–H groups in total. The van der Waals surface area contributed by atoms with E-state index in [4.69, 9.17) is 0 Å². The lowest BCUT2D eigenvalue weighted by Crippen LogP contribution is -2.52. The lowest BCUT2D eigenvalue weighted by atomic mass is 9.68. The average molecular weight is 421 g/mol. The summed E-state index contributed by atoms with van der Waals surface area (Å²) in [6, 6.07) is 0. The summed E-state index contributed by atoms with van der Waals surface area (Å²) in [5.41, 5.74) is 0.270. The van der Waals surface area contributed by atoms with Crippen LogP contribution in [-0.4, -0.2) is 36.2 Å². The molecule has 0 saturated heterocycles. The van der Waals surface area contributed by atoms with Crippen LogP contribution in [-0.2, 0) is 0 Å². The number of hydrogen-bond donors (Lipinski definition) is 1. The van der Waals surface area contributed by atoms with Crippen molar-refractivity contribution in [3.63, 3.8) is 0 Å². The SMILES string of the molecule is Br.CCCCCCCCCCCCC1CCCCC1(CCO)N(C)C. The van der Waals surface area contributed by atoms with Gasteiger partial charge in [0.15, 0.2) is 0 Å². The molecule has 1 rings (SSSR count). The van der Waals surface area contributed by atoms with Crippen LogP contribution in [0.15, 0.2) is 0 Å². The Bertz CT molecular complexity index is 294. The predicted molar refractivity (Wildman–Crippen MR) is 117 cm³/mol. The molecule has 3 heteroatoms. The fourth-order valence-corrected chi connectivity index (χ4v) is 4.92. The molecule has 2 nitrogen and oxygen atoms in total. The zero-order valence-corrected chi connectivity index (χ0v) is 19.1. The molecule has 1 aliphatic rings. The Hall–Kier alpha value is 0.400. The predicted octanol–water partition coefficient (Wildman–Crippen LogP) is 6.75. The minimum Gasteiger partial charge on any atom is -0.396 e. The fraction of sp³-hybridized carbons (Fsp3) is 1.00. The molecule has 0 aromatic carbocycles. The first-order chi connectivity index (χ1) is 11.7. The van der Waals surface area contributed by atoms with E-state index in [2.05, 4.69) is 25.9 Å². The van der Waals surface area contributed by atoms with Gasteiger partial charge in [0.25, 0.3) is 0 Å². The molecule has 0 radical (unpaired) electrons. The van der Waals surface area contributed by atoms with E-state index in [-0.39, 0.29) is 22.5 Å². The normalized spacial score (nSPS) is 23.6. The van der Waals surface area contributed by atoms with E-state index >= 15 is 0 Å². The van der Waals surface area contributed by atoms with E-state index in [9.17, 15) is 5.11 Å². The third-order valence-electron chi connectivity index (χ3n) is 6.51. The van der Waals surface area contributed by atoms with Crippen LogP contribution < -0.4 is 0 Å². The van der Waals surface area contributed by atoms with Gasteiger partial charge in [-0.25, -0.2) is 0 Å². The average Bonchev–Trinajstić information content (AvgIpc) is 2.58. The summed E-state index contributed by atoms with van der Waals surface area (Å²) in [5, 5.41) is 9.57. The molecule has 152 valence electrons. The van der Waals surface area contributed by atoms with Gasteiger partial charge in [-0.05, 0) is 45.7 Å². The van der Waals surface area contributed by atoms with Gasteiger partial charge in [0.05, 0.1) is 0 Å². The van der Waals surface area contributed by atoms with Crippen LogP contribution in [0.2, 0.25) is 0 Å². The Morgan fingerprint density at radius 1 is 0.880 bits per heavy atom. The third kappa shape index (κ3) is 9.24. The second-order valence-corrected chi connectivity index (χ2v) is 8.38. The van der Waals surface area contributed by atoms with Crippen molar-refractivity contribution in [1.29, 1.82) is 0 Å². The Labute approximate surface area is 168 Å². The molecule has 2 atom stereocenters. The number of aliphatic hydroxyl groups is 1. The highest BCUT2D eigenvalue weighted by Crippen LogP contribution is 2.42. The lowest BCUT2D eigenvalue weighted by molar-refractivity contribution is 0.00949. The molecule has 1 aliphatic carbocycles. The van der Waals surface area contributed by atoms with Crippen molar-refractivity contribution >= 4 is 17.0 Å². The summed E-state index contributed by atoms with van der Waals surface area (Å²) in [4.78, 5) is 2.43. The summed E-state index contributed by atoms with van der Waals surface area (Å²) in [6.07, 6.45) is 21.9. The van der Waals surface area contributed by atoms with Crippen LogP contribution in [0.25, 0.3) is 0 Å². The van der Waals surface area contributed by atoms with Crippen LogP contribution in [0.3, 0.4) is 0 Å². The lowest BCUT2D eigenvalue weighted by Gasteiger charge is -2.49. The van der Waals surface area contributed by atoms with Crippen molar-refractivity contribution in [3.05, 3.63) is 0 Å². The van der Waals surface area contributed by atoms with Crippen LogP contribution in [0.4, 0.5) is 0 Å². The number of hydrogen-bond acceptors (Lipinski definition) is 2. The van der Waals surface area contributed by atoms with Crippen molar-refractivity contribution in [1.82, 2.24) is 4.90 Å². The highest BCUT2D eigenvalue weighted by Gasteiger charge is 2.41. The largest absolute Gasteiger partial charge is 0.396 e. The van der Waals surface area contributed by atoms with Crippen molar-refractivity contribution in [2.75, 3.05) is 20.7 Å². The molecule has 0 aliphatic heterocycles. The summed E-state index contributed by atoms with van der Waals surface area (Å²) in [7, 11) is 4.46. The monoisotopic (exact) mass is 419 g/mol. The highest BCUT2D eigenvalue weighted by atomic mass is 79.9. The second kappa shape index (κ2) is 15.5. The maximum atomic E-state index is 9.57. The maximum Gasteiger partial charge on any atom is 0.0448 e. The molecular weight excluding hydrogens is 374 g/mol. The minimum atomic E-state index is 0. The van der Waals surface area contributed by atoms with Gasteiger partial charge in [0.1, 0.15) is 0 Å². The zero-order chi connectivity index (χ0) is 17.7. The van der Waals surface area contributed by atoms with Gasteiger partial charge < -0.3 is 10.0 Å². The van der Waals surface area contributed by atoms with Crippen LogP contribution in [0.5, 0.6) is 0 Å². The topological polar surface area (TPSA) is 23.5 Å². The molecule has 0 bridgehead atoms. The minimum absolute atomic E-state index is 0. The van der Waals surface area contributed by atoms with Gasteiger partial charge in [-0.15, -0.1) is 17.0 Å². The van der Waals surface area contributed by atoms with Gasteiger partial charge in [-0.1, -0.05) is 84.0 Å². The summed E-state index contributed by atoms with van der Waals surface area (Å²) in [6.45, 7) is 2.63. The van der Waals surface area contributed by atoms with Gasteiger partial charge in [-0.3, -0.25) is 0 Å². The molecule has 1 saturated carbocycles. The summed E-state index contributed by atoms with van der Waals surface area (Å²) >= 11 is 0. The van der Waals surface area contributed by atoms with E-state index in [0.717, 1.165) is 12.3 Å². The number of halogens is 1. The number of rotatable bonds is 14. The molecule has 0 aromatic heterocycles. The molecular formula is C22H46BrNO. The number of unbranched alkanes of at least 4 members (excludes halogenated alkanes) is 9. The van der Waals surface area contributed by atoms with Crippen molar-refractivity contribution in [2.24, 2.45) is 5.92 Å². The summed E-state index contributed by atoms with van der Waals surface area (Å²) in [5.74, 6) is 0.794. The van der Waals surface area contributed by atoms with Gasteiger partial charge in [0, 0.05) is 12.1 Å².